The van der Waals surface area contributed by atoms with Gasteiger partial charge in [-0.3, -0.25) is 10.2 Å². The lowest BCUT2D eigenvalue weighted by atomic mass is 10.1. The highest BCUT2D eigenvalue weighted by molar-refractivity contribution is 6.49. The highest BCUT2D eigenvalue weighted by Crippen LogP contribution is 2.35. The SMILES string of the molecule is N=C1c2cccnc2OC1(Cl)C(N)=O. The first-order chi connectivity index (χ1) is 6.55. The first kappa shape index (κ1) is 8.96. The van der Waals surface area contributed by atoms with Crippen molar-refractivity contribution < 1.29 is 9.53 Å². The molecule has 1 aromatic rings. The van der Waals surface area contributed by atoms with Gasteiger partial charge in [0.15, 0.2) is 0 Å². The molecule has 6 heteroatoms. The zero-order valence-electron chi connectivity index (χ0n) is 6.95. The molecule has 3 N–H and O–H groups in total. The maximum absolute atomic E-state index is 11.0. The molecular formula is C8H6ClN3O2. The minimum Gasteiger partial charge on any atom is -0.439 e. The van der Waals surface area contributed by atoms with Gasteiger partial charge in [-0.05, 0) is 12.1 Å². The number of hydrogen-bond donors (Lipinski definition) is 2. The number of fused-ring (bicyclic) bond motifs is 1. The number of pyridine rings is 1. The highest BCUT2D eigenvalue weighted by Gasteiger charge is 2.49. The van der Waals surface area contributed by atoms with Crippen molar-refractivity contribution in [1.29, 1.82) is 5.41 Å². The number of rotatable bonds is 1. The molecule has 0 fully saturated rings. The van der Waals surface area contributed by atoms with E-state index in [1.807, 2.05) is 0 Å². The third-order valence-electron chi connectivity index (χ3n) is 1.92. The third kappa shape index (κ3) is 0.990. The van der Waals surface area contributed by atoms with Gasteiger partial charge in [0.1, 0.15) is 5.71 Å². The van der Waals surface area contributed by atoms with Gasteiger partial charge in [0.25, 0.3) is 5.91 Å². The summed E-state index contributed by atoms with van der Waals surface area (Å²) in [6.07, 6.45) is 1.48. The zero-order valence-corrected chi connectivity index (χ0v) is 7.71. The molecule has 0 aliphatic carbocycles. The lowest BCUT2D eigenvalue weighted by molar-refractivity contribution is -0.123. The highest BCUT2D eigenvalue weighted by atomic mass is 35.5. The Kier molecular flexibility index (Phi) is 1.72. The summed E-state index contributed by atoms with van der Waals surface area (Å²) in [4.78, 5) is 14.8. The van der Waals surface area contributed by atoms with Crippen molar-refractivity contribution in [3.05, 3.63) is 23.9 Å². The predicted molar refractivity (Wildman–Crippen MR) is 49.5 cm³/mol. The first-order valence-electron chi connectivity index (χ1n) is 3.78. The first-order valence-corrected chi connectivity index (χ1v) is 4.16. The predicted octanol–water partition coefficient (Wildman–Crippen LogP) is 0.262. The van der Waals surface area contributed by atoms with E-state index in [2.05, 4.69) is 4.98 Å². The van der Waals surface area contributed by atoms with Gasteiger partial charge in [-0.15, -0.1) is 0 Å². The van der Waals surface area contributed by atoms with Crippen LogP contribution in [0.3, 0.4) is 0 Å². The van der Waals surface area contributed by atoms with E-state index in [-0.39, 0.29) is 11.6 Å². The molecule has 72 valence electrons. The summed E-state index contributed by atoms with van der Waals surface area (Å²) >= 11 is 5.76. The molecule has 0 radical (unpaired) electrons. The normalized spacial score (nSPS) is 24.2. The monoisotopic (exact) mass is 211 g/mol. The molecule has 0 saturated heterocycles. The van der Waals surface area contributed by atoms with Crippen LogP contribution < -0.4 is 10.5 Å². The molecule has 0 bridgehead atoms. The second-order valence-electron chi connectivity index (χ2n) is 2.79. The fourth-order valence-electron chi connectivity index (χ4n) is 1.19. The minimum atomic E-state index is -1.91. The summed E-state index contributed by atoms with van der Waals surface area (Å²) in [7, 11) is 0. The maximum atomic E-state index is 11.0. The van der Waals surface area contributed by atoms with Gasteiger partial charge in [-0.1, -0.05) is 11.6 Å². The largest absolute Gasteiger partial charge is 0.439 e. The van der Waals surface area contributed by atoms with Crippen molar-refractivity contribution in [2.24, 2.45) is 5.73 Å². The molecule has 1 unspecified atom stereocenters. The van der Waals surface area contributed by atoms with Crippen LogP contribution in [-0.2, 0) is 4.79 Å². The number of ether oxygens (including phenoxy) is 1. The van der Waals surface area contributed by atoms with E-state index in [9.17, 15) is 4.79 Å². The number of nitrogens with two attached hydrogens (primary N) is 1. The van der Waals surface area contributed by atoms with Crippen molar-refractivity contribution in [2.75, 3.05) is 0 Å². The second kappa shape index (κ2) is 2.68. The number of alkyl halides is 1. The summed E-state index contributed by atoms with van der Waals surface area (Å²) in [5.74, 6) is -0.756. The van der Waals surface area contributed by atoms with Crippen LogP contribution in [0, 0.1) is 5.41 Å². The number of carbonyl (C=O) groups is 1. The van der Waals surface area contributed by atoms with Crippen LogP contribution in [0.15, 0.2) is 18.3 Å². The Morgan fingerprint density at radius 1 is 1.71 bits per heavy atom. The van der Waals surface area contributed by atoms with Gasteiger partial charge in [0.2, 0.25) is 5.88 Å². The Bertz CT molecular complexity index is 434. The zero-order chi connectivity index (χ0) is 10.3. The van der Waals surface area contributed by atoms with Crippen LogP contribution in [0.4, 0.5) is 0 Å². The van der Waals surface area contributed by atoms with Gasteiger partial charge < -0.3 is 10.5 Å². The van der Waals surface area contributed by atoms with Crippen LogP contribution in [0.5, 0.6) is 5.88 Å². The minimum absolute atomic E-state index is 0.159. The molecule has 1 aromatic heterocycles. The number of hydrogen-bond acceptors (Lipinski definition) is 4. The van der Waals surface area contributed by atoms with Crippen LogP contribution >= 0.6 is 11.6 Å². The Balaban J connectivity index is 2.54. The summed E-state index contributed by atoms with van der Waals surface area (Å²) in [6, 6.07) is 3.22. The van der Waals surface area contributed by atoms with E-state index in [4.69, 9.17) is 27.5 Å². The fourth-order valence-corrected chi connectivity index (χ4v) is 1.37. The third-order valence-corrected chi connectivity index (χ3v) is 2.37. The van der Waals surface area contributed by atoms with E-state index in [0.717, 1.165) is 0 Å². The standard InChI is InChI=1S/C8H6ClN3O2/c9-8(7(11)13)5(10)4-2-1-3-12-6(4)14-8/h1-3,10H,(H2,11,13). The molecule has 0 spiro atoms. The van der Waals surface area contributed by atoms with Crippen LogP contribution in [0.2, 0.25) is 0 Å². The van der Waals surface area contributed by atoms with Gasteiger partial charge in [-0.25, -0.2) is 4.98 Å². The molecular weight excluding hydrogens is 206 g/mol. The van der Waals surface area contributed by atoms with E-state index < -0.39 is 11.0 Å². The van der Waals surface area contributed by atoms with Crippen LogP contribution in [0.25, 0.3) is 0 Å². The average molecular weight is 212 g/mol. The number of nitrogens with one attached hydrogen (secondary N) is 1. The van der Waals surface area contributed by atoms with Gasteiger partial charge in [-0.2, -0.15) is 0 Å². The quantitative estimate of drug-likeness (QED) is 0.653. The lowest BCUT2D eigenvalue weighted by Crippen LogP contribution is -2.47. The maximum Gasteiger partial charge on any atom is 0.304 e. The number of halogens is 1. The smallest absolute Gasteiger partial charge is 0.304 e. The second-order valence-corrected chi connectivity index (χ2v) is 3.32. The molecule has 14 heavy (non-hydrogen) atoms. The van der Waals surface area contributed by atoms with Gasteiger partial charge >= 0.3 is 5.06 Å². The summed E-state index contributed by atoms with van der Waals surface area (Å²) < 4.78 is 5.02. The summed E-state index contributed by atoms with van der Waals surface area (Å²) in [6.45, 7) is 0. The molecule has 1 amide bonds. The molecule has 5 nitrogen and oxygen atoms in total. The molecule has 1 aliphatic rings. The van der Waals surface area contributed by atoms with Crippen LogP contribution in [0.1, 0.15) is 5.56 Å². The number of primary amides is 1. The molecule has 2 heterocycles. The van der Waals surface area contributed by atoms with Crippen molar-refractivity contribution in [3.8, 4) is 5.88 Å². The number of aromatic nitrogens is 1. The summed E-state index contributed by atoms with van der Waals surface area (Å²) in [5, 5.41) is 5.71. The number of amides is 1. The Labute approximate surface area is 84.3 Å². The van der Waals surface area contributed by atoms with E-state index in [0.29, 0.717) is 5.56 Å². The van der Waals surface area contributed by atoms with Gasteiger partial charge in [0, 0.05) is 6.20 Å². The van der Waals surface area contributed by atoms with Crippen molar-refractivity contribution >= 4 is 23.2 Å². The molecule has 2 rings (SSSR count). The molecule has 0 aromatic carbocycles. The number of carbonyl (C=O) groups excluding carboxylic acids is 1. The van der Waals surface area contributed by atoms with E-state index in [1.165, 1.54) is 6.20 Å². The Morgan fingerprint density at radius 2 is 2.43 bits per heavy atom. The van der Waals surface area contributed by atoms with Gasteiger partial charge in [0.05, 0.1) is 5.56 Å². The number of nitrogens with zero attached hydrogens (tertiary/aromatic N) is 1. The molecule has 1 atom stereocenters. The molecule has 0 saturated carbocycles. The van der Waals surface area contributed by atoms with E-state index >= 15 is 0 Å². The fraction of sp³-hybridized carbons (Fsp3) is 0.125. The Morgan fingerprint density at radius 3 is 3.00 bits per heavy atom. The van der Waals surface area contributed by atoms with Crippen LogP contribution in [-0.4, -0.2) is 21.7 Å². The Hall–Kier alpha value is -1.62. The lowest BCUT2D eigenvalue weighted by Gasteiger charge is -2.15. The van der Waals surface area contributed by atoms with Crippen molar-refractivity contribution in [2.45, 2.75) is 5.06 Å². The van der Waals surface area contributed by atoms with Crippen molar-refractivity contribution in [1.82, 2.24) is 4.98 Å². The topological polar surface area (TPSA) is 89.1 Å². The average Bonchev–Trinajstić information content (AvgIpc) is 2.42. The van der Waals surface area contributed by atoms with Crippen molar-refractivity contribution in [3.63, 3.8) is 0 Å². The summed E-state index contributed by atoms with van der Waals surface area (Å²) in [5.41, 5.74) is 5.26. The van der Waals surface area contributed by atoms with E-state index in [1.54, 1.807) is 12.1 Å². The molecule has 1 aliphatic heterocycles.